The average molecular weight is 417 g/mol. The van der Waals surface area contributed by atoms with Crippen LogP contribution in [0, 0.1) is 10.1 Å². The van der Waals surface area contributed by atoms with Gasteiger partial charge in [0.05, 0.1) is 10.7 Å². The van der Waals surface area contributed by atoms with Crippen molar-refractivity contribution in [2.24, 2.45) is 0 Å². The summed E-state index contributed by atoms with van der Waals surface area (Å²) in [5.74, 6) is -0.134. The molecule has 1 heterocycles. The first-order valence-corrected chi connectivity index (χ1v) is 11.1. The quantitative estimate of drug-likeness (QED) is 0.525. The van der Waals surface area contributed by atoms with Crippen LogP contribution in [0.3, 0.4) is 0 Å². The van der Waals surface area contributed by atoms with Crippen molar-refractivity contribution in [1.82, 2.24) is 4.72 Å². The van der Waals surface area contributed by atoms with Gasteiger partial charge >= 0.3 is 0 Å². The smallest absolute Gasteiger partial charge is 0.269 e. The molecule has 0 radical (unpaired) electrons. The van der Waals surface area contributed by atoms with E-state index in [-0.39, 0.29) is 23.9 Å². The zero-order valence-corrected chi connectivity index (χ0v) is 16.9. The summed E-state index contributed by atoms with van der Waals surface area (Å²) >= 11 is 0. The highest BCUT2D eigenvalue weighted by atomic mass is 32.2. The maximum Gasteiger partial charge on any atom is 0.269 e. The molecule has 1 N–H and O–H groups in total. The third-order valence-electron chi connectivity index (χ3n) is 4.79. The molecule has 0 aliphatic carbocycles. The number of anilines is 1. The molecular formula is C20H23N3O5S. The number of nitro groups is 1. The van der Waals surface area contributed by atoms with Crippen LogP contribution in [0.5, 0.6) is 0 Å². The van der Waals surface area contributed by atoms with Crippen molar-refractivity contribution < 1.29 is 18.1 Å². The summed E-state index contributed by atoms with van der Waals surface area (Å²) in [4.78, 5) is 24.1. The Morgan fingerprint density at radius 2 is 1.79 bits per heavy atom. The van der Waals surface area contributed by atoms with Crippen molar-refractivity contribution in [2.45, 2.75) is 38.5 Å². The molecule has 9 heteroatoms. The highest BCUT2D eigenvalue weighted by Crippen LogP contribution is 2.29. The van der Waals surface area contributed by atoms with Gasteiger partial charge in [-0.15, -0.1) is 0 Å². The van der Waals surface area contributed by atoms with Gasteiger partial charge in [-0.3, -0.25) is 14.9 Å². The van der Waals surface area contributed by atoms with Crippen LogP contribution in [0.2, 0.25) is 0 Å². The van der Waals surface area contributed by atoms with Gasteiger partial charge < -0.3 is 4.90 Å². The van der Waals surface area contributed by atoms with Crippen LogP contribution < -0.4 is 9.62 Å². The third-order valence-corrected chi connectivity index (χ3v) is 6.09. The Hall–Kier alpha value is -2.78. The molecular weight excluding hydrogens is 394 g/mol. The maximum absolute atomic E-state index is 12.4. The summed E-state index contributed by atoms with van der Waals surface area (Å²) in [6.07, 6.45) is 1.98. The number of hydrogen-bond acceptors (Lipinski definition) is 5. The normalized spacial score (nSPS) is 14.0. The van der Waals surface area contributed by atoms with Crippen molar-refractivity contribution in [3.8, 4) is 0 Å². The van der Waals surface area contributed by atoms with Crippen LogP contribution >= 0.6 is 0 Å². The minimum Gasteiger partial charge on any atom is -0.312 e. The highest BCUT2D eigenvalue weighted by molar-refractivity contribution is 7.88. The Morgan fingerprint density at radius 1 is 1.10 bits per heavy atom. The molecule has 2 aromatic rings. The number of carbonyl (C=O) groups excluding carboxylic acids is 1. The Balaban J connectivity index is 1.66. The van der Waals surface area contributed by atoms with Crippen molar-refractivity contribution in [3.05, 3.63) is 69.3 Å². The molecule has 8 nitrogen and oxygen atoms in total. The van der Waals surface area contributed by atoms with Crippen molar-refractivity contribution in [2.75, 3.05) is 11.4 Å². The van der Waals surface area contributed by atoms with E-state index in [2.05, 4.69) is 4.72 Å². The van der Waals surface area contributed by atoms with Gasteiger partial charge in [0, 0.05) is 37.3 Å². The predicted octanol–water partition coefficient (Wildman–Crippen LogP) is 2.90. The highest BCUT2D eigenvalue weighted by Gasteiger charge is 2.23. The average Bonchev–Trinajstić information content (AvgIpc) is 2.69. The van der Waals surface area contributed by atoms with Crippen LogP contribution in [0.15, 0.2) is 42.5 Å². The lowest BCUT2D eigenvalue weighted by atomic mass is 9.98. The van der Waals surface area contributed by atoms with Crippen molar-refractivity contribution in [3.63, 3.8) is 0 Å². The molecule has 3 rings (SSSR count). The van der Waals surface area contributed by atoms with E-state index in [0.29, 0.717) is 24.9 Å². The molecule has 0 atom stereocenters. The molecule has 29 heavy (non-hydrogen) atoms. The van der Waals surface area contributed by atoms with Gasteiger partial charge in [0.1, 0.15) is 0 Å². The molecule has 1 amide bonds. The zero-order chi connectivity index (χ0) is 21.0. The number of fused-ring (bicyclic) bond motifs is 1. The SMILES string of the molecule is CCCN1C(=O)CCc2cc(CNS(=O)(=O)Cc3ccc([N+](=O)[O-])cc3)ccc21. The fourth-order valence-corrected chi connectivity index (χ4v) is 4.49. The van der Waals surface area contributed by atoms with Crippen LogP contribution in [0.25, 0.3) is 0 Å². The largest absolute Gasteiger partial charge is 0.312 e. The van der Waals surface area contributed by atoms with Gasteiger partial charge in [0.2, 0.25) is 15.9 Å². The molecule has 1 aliphatic heterocycles. The number of nitrogens with zero attached hydrogens (tertiary/aromatic N) is 2. The third kappa shape index (κ3) is 5.18. The summed E-state index contributed by atoms with van der Waals surface area (Å²) in [6, 6.07) is 11.1. The van der Waals surface area contributed by atoms with Crippen LogP contribution in [0.1, 0.15) is 36.5 Å². The molecule has 0 saturated carbocycles. The predicted molar refractivity (Wildman–Crippen MR) is 110 cm³/mol. The van der Waals surface area contributed by atoms with Crippen molar-refractivity contribution >= 4 is 27.3 Å². The number of carbonyl (C=O) groups is 1. The first-order chi connectivity index (χ1) is 13.8. The number of aryl methyl sites for hydroxylation is 1. The first-order valence-electron chi connectivity index (χ1n) is 9.42. The second-order valence-electron chi connectivity index (χ2n) is 7.01. The summed E-state index contributed by atoms with van der Waals surface area (Å²) in [6.45, 7) is 2.84. The van der Waals surface area contributed by atoms with E-state index in [1.54, 1.807) is 4.90 Å². The van der Waals surface area contributed by atoms with E-state index in [4.69, 9.17) is 0 Å². The van der Waals surface area contributed by atoms with Gasteiger partial charge in [-0.1, -0.05) is 31.2 Å². The maximum atomic E-state index is 12.4. The topological polar surface area (TPSA) is 110 Å². The fraction of sp³-hybridized carbons (Fsp3) is 0.350. The van der Waals surface area contributed by atoms with E-state index >= 15 is 0 Å². The first kappa shape index (κ1) is 20.9. The minimum absolute atomic E-state index is 0.0798. The van der Waals surface area contributed by atoms with Gasteiger partial charge in [-0.25, -0.2) is 13.1 Å². The number of hydrogen-bond donors (Lipinski definition) is 1. The number of nitrogens with one attached hydrogen (secondary N) is 1. The lowest BCUT2D eigenvalue weighted by Gasteiger charge is -2.29. The number of non-ortho nitro benzene ring substituents is 1. The van der Waals surface area contributed by atoms with Crippen molar-refractivity contribution in [1.29, 1.82) is 0 Å². The fourth-order valence-electron chi connectivity index (χ4n) is 3.37. The summed E-state index contributed by atoms with van der Waals surface area (Å²) in [7, 11) is -3.60. The second-order valence-corrected chi connectivity index (χ2v) is 8.82. The molecule has 154 valence electrons. The van der Waals surface area contributed by atoms with E-state index < -0.39 is 14.9 Å². The Bertz CT molecular complexity index is 1020. The van der Waals surface area contributed by atoms with Crippen LogP contribution in [-0.4, -0.2) is 25.8 Å². The number of rotatable bonds is 8. The van der Waals surface area contributed by atoms with E-state index in [0.717, 1.165) is 23.2 Å². The molecule has 0 aromatic heterocycles. The van der Waals surface area contributed by atoms with Gasteiger partial charge in [0.25, 0.3) is 5.69 Å². The number of sulfonamides is 1. The van der Waals surface area contributed by atoms with Crippen LogP contribution in [-0.2, 0) is 33.5 Å². The molecule has 0 bridgehead atoms. The summed E-state index contributed by atoms with van der Waals surface area (Å²) < 4.78 is 27.3. The monoisotopic (exact) mass is 417 g/mol. The molecule has 1 aliphatic rings. The van der Waals surface area contributed by atoms with Gasteiger partial charge in [0.15, 0.2) is 0 Å². The lowest BCUT2D eigenvalue weighted by molar-refractivity contribution is -0.384. The zero-order valence-electron chi connectivity index (χ0n) is 16.1. The summed E-state index contributed by atoms with van der Waals surface area (Å²) in [5, 5.41) is 10.7. The van der Waals surface area contributed by atoms with Gasteiger partial charge in [-0.05, 0) is 35.6 Å². The number of nitro benzene ring substituents is 1. The van der Waals surface area contributed by atoms with Crippen LogP contribution in [0.4, 0.5) is 11.4 Å². The summed E-state index contributed by atoms with van der Waals surface area (Å²) in [5.41, 5.74) is 3.17. The lowest BCUT2D eigenvalue weighted by Crippen LogP contribution is -2.35. The van der Waals surface area contributed by atoms with E-state index in [1.807, 2.05) is 25.1 Å². The van der Waals surface area contributed by atoms with Gasteiger partial charge in [-0.2, -0.15) is 0 Å². The number of amides is 1. The second kappa shape index (κ2) is 8.71. The Kier molecular flexibility index (Phi) is 6.29. The molecule has 2 aromatic carbocycles. The minimum atomic E-state index is -3.60. The Labute approximate surface area is 169 Å². The molecule has 0 spiro atoms. The van der Waals surface area contributed by atoms with E-state index in [1.165, 1.54) is 24.3 Å². The van der Waals surface area contributed by atoms with E-state index in [9.17, 15) is 23.3 Å². The molecule has 0 fully saturated rings. The molecule has 0 saturated heterocycles. The number of benzene rings is 2. The molecule has 0 unspecified atom stereocenters. The Morgan fingerprint density at radius 3 is 2.45 bits per heavy atom. The standard InChI is InChI=1S/C20H23N3O5S/c1-2-11-22-19-9-5-16(12-17(19)6-10-20(22)24)13-21-29(27,28)14-15-3-7-18(8-4-15)23(25)26/h3-5,7-9,12,21H,2,6,10-11,13-14H2,1H3.